The summed E-state index contributed by atoms with van der Waals surface area (Å²) in [6.07, 6.45) is 0. The van der Waals surface area contributed by atoms with Gasteiger partial charge in [-0.15, -0.1) is 0 Å². The molecule has 0 fully saturated rings. The van der Waals surface area contributed by atoms with E-state index in [0.29, 0.717) is 11.3 Å². The van der Waals surface area contributed by atoms with Gasteiger partial charge >= 0.3 is 0 Å². The Bertz CT molecular complexity index is 567. The molecule has 0 spiro atoms. The van der Waals surface area contributed by atoms with Gasteiger partial charge in [-0.1, -0.05) is 17.7 Å². The van der Waals surface area contributed by atoms with E-state index in [1.54, 1.807) is 6.07 Å². The molecule has 0 unspecified atom stereocenters. The minimum absolute atomic E-state index is 0.0931. The number of aliphatic hydroxyl groups is 1. The zero-order chi connectivity index (χ0) is 13.8. The number of aliphatic hydroxyl groups excluding tert-OH is 1. The zero-order valence-corrected chi connectivity index (χ0v) is 10.6. The van der Waals surface area contributed by atoms with Gasteiger partial charge in [-0.05, 0) is 30.3 Å². The van der Waals surface area contributed by atoms with E-state index < -0.39 is 11.6 Å². The van der Waals surface area contributed by atoms with Crippen LogP contribution in [0.15, 0.2) is 36.4 Å². The minimum atomic E-state index is -0.472. The van der Waals surface area contributed by atoms with Crippen LogP contribution in [0.4, 0.5) is 8.78 Å². The zero-order valence-electron chi connectivity index (χ0n) is 9.87. The number of halogens is 3. The molecule has 2 rings (SSSR count). The molecule has 1 N–H and O–H groups in total. The molecule has 0 aromatic heterocycles. The fraction of sp³-hybridized carbons (Fsp3) is 0.143. The van der Waals surface area contributed by atoms with Gasteiger partial charge in [0.05, 0.1) is 11.6 Å². The second-order valence-electron chi connectivity index (χ2n) is 3.90. The lowest BCUT2D eigenvalue weighted by molar-refractivity contribution is 0.256. The van der Waals surface area contributed by atoms with Crippen LogP contribution in [-0.2, 0) is 13.2 Å². The Kier molecular flexibility index (Phi) is 4.35. The first-order valence-corrected chi connectivity index (χ1v) is 5.94. The number of ether oxygens (including phenoxy) is 1. The molecule has 0 saturated carbocycles. The van der Waals surface area contributed by atoms with Crippen molar-refractivity contribution in [2.45, 2.75) is 13.2 Å². The Balaban J connectivity index is 2.19. The van der Waals surface area contributed by atoms with Crippen LogP contribution in [0.5, 0.6) is 5.75 Å². The summed E-state index contributed by atoms with van der Waals surface area (Å²) in [5.74, 6) is -0.649. The summed E-state index contributed by atoms with van der Waals surface area (Å²) in [5.41, 5.74) is 0.518. The highest BCUT2D eigenvalue weighted by Crippen LogP contribution is 2.24. The molecular formula is C14H11ClF2O2. The van der Waals surface area contributed by atoms with E-state index >= 15 is 0 Å². The molecule has 2 aromatic carbocycles. The van der Waals surface area contributed by atoms with Crippen LogP contribution >= 0.6 is 11.6 Å². The molecular weight excluding hydrogens is 274 g/mol. The number of rotatable bonds is 4. The van der Waals surface area contributed by atoms with E-state index in [-0.39, 0.29) is 23.8 Å². The van der Waals surface area contributed by atoms with E-state index in [9.17, 15) is 8.78 Å². The summed E-state index contributed by atoms with van der Waals surface area (Å²) < 4.78 is 31.9. The smallest absolute Gasteiger partial charge is 0.131 e. The van der Waals surface area contributed by atoms with Gasteiger partial charge < -0.3 is 9.84 Å². The monoisotopic (exact) mass is 284 g/mol. The minimum Gasteiger partial charge on any atom is -0.488 e. The van der Waals surface area contributed by atoms with Crippen LogP contribution in [0, 0.1) is 11.6 Å². The van der Waals surface area contributed by atoms with E-state index in [2.05, 4.69) is 0 Å². The second-order valence-corrected chi connectivity index (χ2v) is 4.31. The van der Waals surface area contributed by atoms with E-state index in [4.69, 9.17) is 21.4 Å². The molecule has 19 heavy (non-hydrogen) atoms. The number of hydrogen-bond donors (Lipinski definition) is 1. The third kappa shape index (κ3) is 3.22. The van der Waals surface area contributed by atoms with Crippen LogP contribution in [0.25, 0.3) is 0 Å². The van der Waals surface area contributed by atoms with Gasteiger partial charge in [0.2, 0.25) is 0 Å². The quantitative estimate of drug-likeness (QED) is 0.928. The lowest BCUT2D eigenvalue weighted by atomic mass is 10.2. The van der Waals surface area contributed by atoms with Gasteiger partial charge in [-0.25, -0.2) is 8.78 Å². The van der Waals surface area contributed by atoms with Crippen LogP contribution in [0.3, 0.4) is 0 Å². The summed E-state index contributed by atoms with van der Waals surface area (Å²) in [6, 6.07) is 8.09. The molecule has 0 amide bonds. The molecule has 0 aliphatic carbocycles. The van der Waals surface area contributed by atoms with Gasteiger partial charge in [0.25, 0.3) is 0 Å². The van der Waals surface area contributed by atoms with Crippen LogP contribution in [0.1, 0.15) is 11.1 Å². The first-order chi connectivity index (χ1) is 9.11. The van der Waals surface area contributed by atoms with Crippen molar-refractivity contribution >= 4 is 11.6 Å². The summed E-state index contributed by atoms with van der Waals surface area (Å²) in [4.78, 5) is 0. The van der Waals surface area contributed by atoms with E-state index in [0.717, 1.165) is 6.07 Å². The Morgan fingerprint density at radius 1 is 1.16 bits per heavy atom. The van der Waals surface area contributed by atoms with Crippen molar-refractivity contribution in [2.24, 2.45) is 0 Å². The summed E-state index contributed by atoms with van der Waals surface area (Å²) in [5, 5.41) is 9.36. The van der Waals surface area contributed by atoms with Crippen molar-refractivity contribution in [2.75, 3.05) is 0 Å². The number of hydrogen-bond acceptors (Lipinski definition) is 2. The summed E-state index contributed by atoms with van der Waals surface area (Å²) in [7, 11) is 0. The van der Waals surface area contributed by atoms with Crippen LogP contribution in [0.2, 0.25) is 5.02 Å². The van der Waals surface area contributed by atoms with Crippen LogP contribution < -0.4 is 4.74 Å². The average Bonchev–Trinajstić information content (AvgIpc) is 2.39. The maximum atomic E-state index is 13.5. The molecule has 2 nitrogen and oxygen atoms in total. The largest absolute Gasteiger partial charge is 0.488 e. The van der Waals surface area contributed by atoms with E-state index in [1.807, 2.05) is 0 Å². The lowest BCUT2D eigenvalue weighted by Gasteiger charge is -2.11. The van der Waals surface area contributed by atoms with Gasteiger partial charge in [0.1, 0.15) is 24.0 Å². The normalized spacial score (nSPS) is 10.5. The highest BCUT2D eigenvalue weighted by Gasteiger charge is 2.10. The molecule has 0 heterocycles. The molecule has 0 aliphatic rings. The fourth-order valence-corrected chi connectivity index (χ4v) is 1.85. The van der Waals surface area contributed by atoms with Crippen molar-refractivity contribution in [1.29, 1.82) is 0 Å². The Labute approximate surface area is 114 Å². The highest BCUT2D eigenvalue weighted by atomic mass is 35.5. The Morgan fingerprint density at radius 2 is 1.95 bits per heavy atom. The predicted molar refractivity (Wildman–Crippen MR) is 68.1 cm³/mol. The molecule has 0 saturated heterocycles. The average molecular weight is 285 g/mol. The molecule has 5 heteroatoms. The maximum Gasteiger partial charge on any atom is 0.131 e. The van der Waals surface area contributed by atoms with Crippen molar-refractivity contribution < 1.29 is 18.6 Å². The third-order valence-electron chi connectivity index (χ3n) is 2.63. The lowest BCUT2D eigenvalue weighted by Crippen LogP contribution is -2.02. The van der Waals surface area contributed by atoms with Gasteiger partial charge in [0.15, 0.2) is 0 Å². The first-order valence-electron chi connectivity index (χ1n) is 5.57. The molecule has 0 aliphatic heterocycles. The SMILES string of the molecule is OCc1cc(F)ccc1OCc1c(F)cccc1Cl. The van der Waals surface area contributed by atoms with Crippen LogP contribution in [-0.4, -0.2) is 5.11 Å². The van der Waals surface area contributed by atoms with Crippen molar-refractivity contribution in [3.05, 3.63) is 64.2 Å². The van der Waals surface area contributed by atoms with Gasteiger partial charge in [-0.3, -0.25) is 0 Å². The fourth-order valence-electron chi connectivity index (χ4n) is 1.63. The molecule has 2 aromatic rings. The van der Waals surface area contributed by atoms with Crippen molar-refractivity contribution in [3.63, 3.8) is 0 Å². The highest BCUT2D eigenvalue weighted by molar-refractivity contribution is 6.31. The third-order valence-corrected chi connectivity index (χ3v) is 2.98. The Morgan fingerprint density at radius 3 is 2.63 bits per heavy atom. The Hall–Kier alpha value is -1.65. The van der Waals surface area contributed by atoms with Crippen molar-refractivity contribution in [3.8, 4) is 5.75 Å². The second kappa shape index (κ2) is 5.99. The molecule has 0 radical (unpaired) electrons. The standard InChI is InChI=1S/C14H11ClF2O2/c15-12-2-1-3-13(17)11(12)8-19-14-5-4-10(16)6-9(14)7-18/h1-6,18H,7-8H2. The van der Waals surface area contributed by atoms with E-state index in [1.165, 1.54) is 24.3 Å². The molecule has 0 bridgehead atoms. The molecule has 0 atom stereocenters. The first kappa shape index (κ1) is 13.8. The summed E-state index contributed by atoms with van der Waals surface area (Å²) in [6.45, 7) is -0.456. The molecule has 100 valence electrons. The number of benzene rings is 2. The topological polar surface area (TPSA) is 29.5 Å². The summed E-state index contributed by atoms with van der Waals surface area (Å²) >= 11 is 5.87. The van der Waals surface area contributed by atoms with Crippen molar-refractivity contribution in [1.82, 2.24) is 0 Å². The van der Waals surface area contributed by atoms with Gasteiger partial charge in [-0.2, -0.15) is 0 Å². The maximum absolute atomic E-state index is 13.5. The predicted octanol–water partition coefficient (Wildman–Crippen LogP) is 3.69. The van der Waals surface area contributed by atoms with Gasteiger partial charge in [0, 0.05) is 11.1 Å².